The van der Waals surface area contributed by atoms with E-state index in [-0.39, 0.29) is 6.10 Å². The molecule has 1 aliphatic rings. The molecule has 21 heavy (non-hydrogen) atoms. The molecule has 1 fully saturated rings. The van der Waals surface area contributed by atoms with Crippen LogP contribution in [0, 0.1) is 0 Å². The third-order valence-electron chi connectivity index (χ3n) is 3.57. The molecule has 1 aromatic rings. The minimum absolute atomic E-state index is 0.383. The second-order valence-electron chi connectivity index (χ2n) is 5.48. The first kappa shape index (κ1) is 17.0. The summed E-state index contributed by atoms with van der Waals surface area (Å²) in [5, 5.41) is 11.3. The van der Waals surface area contributed by atoms with Crippen molar-refractivity contribution >= 4 is 23.2 Å². The number of β-amino-alcohol motifs (C(OH)–C–C–N with tert-alkyl or cyclic N) is 1. The number of aliphatic hydroxyl groups is 1. The molecule has 1 atom stereocenters. The van der Waals surface area contributed by atoms with Crippen molar-refractivity contribution < 1.29 is 9.84 Å². The Bertz CT molecular complexity index is 453. The first-order valence-electron chi connectivity index (χ1n) is 7.16. The van der Waals surface area contributed by atoms with Crippen molar-refractivity contribution in [1.29, 1.82) is 0 Å². The molecule has 4 nitrogen and oxygen atoms in total. The molecule has 0 saturated carbocycles. The molecule has 0 radical (unpaired) electrons. The van der Waals surface area contributed by atoms with Crippen molar-refractivity contribution in [2.75, 3.05) is 46.4 Å². The lowest BCUT2D eigenvalue weighted by Gasteiger charge is -2.30. The molecule has 1 N–H and O–H groups in total. The molecule has 2 rings (SSSR count). The van der Waals surface area contributed by atoms with E-state index in [1.54, 1.807) is 6.07 Å². The Kier molecular flexibility index (Phi) is 6.74. The van der Waals surface area contributed by atoms with E-state index in [0.717, 1.165) is 31.9 Å². The van der Waals surface area contributed by atoms with Gasteiger partial charge in [-0.3, -0.25) is 9.80 Å². The molecule has 6 heteroatoms. The second-order valence-corrected chi connectivity index (χ2v) is 6.26. The van der Waals surface area contributed by atoms with Gasteiger partial charge < -0.3 is 9.84 Å². The van der Waals surface area contributed by atoms with E-state index < -0.39 is 0 Å². The van der Waals surface area contributed by atoms with Crippen molar-refractivity contribution in [3.63, 3.8) is 0 Å². The Morgan fingerprint density at radius 3 is 2.76 bits per heavy atom. The third kappa shape index (κ3) is 5.40. The summed E-state index contributed by atoms with van der Waals surface area (Å²) in [5.74, 6) is 0. The van der Waals surface area contributed by atoms with Crippen LogP contribution in [-0.2, 0) is 11.3 Å². The lowest BCUT2D eigenvalue weighted by atomic mass is 10.2. The number of halogens is 2. The fourth-order valence-corrected chi connectivity index (χ4v) is 2.91. The van der Waals surface area contributed by atoms with Gasteiger partial charge in [-0.1, -0.05) is 35.3 Å². The highest BCUT2D eigenvalue weighted by Crippen LogP contribution is 2.26. The number of aliphatic hydroxyl groups excluding tert-OH is 1. The van der Waals surface area contributed by atoms with Gasteiger partial charge in [0.15, 0.2) is 0 Å². The molecular formula is C15H22Cl2N2O2. The first-order valence-corrected chi connectivity index (χ1v) is 7.91. The number of ether oxygens (including phenoxy) is 1. The number of hydrogen-bond acceptors (Lipinski definition) is 4. The van der Waals surface area contributed by atoms with Gasteiger partial charge in [-0.15, -0.1) is 0 Å². The smallest absolute Gasteiger partial charge is 0.0793 e. The maximum absolute atomic E-state index is 10.2. The summed E-state index contributed by atoms with van der Waals surface area (Å²) in [6, 6.07) is 5.63. The lowest BCUT2D eigenvalue weighted by Crippen LogP contribution is -2.43. The van der Waals surface area contributed by atoms with E-state index in [4.69, 9.17) is 27.9 Å². The Morgan fingerprint density at radius 1 is 1.33 bits per heavy atom. The van der Waals surface area contributed by atoms with Crippen molar-refractivity contribution in [1.82, 2.24) is 9.80 Å². The lowest BCUT2D eigenvalue weighted by molar-refractivity contribution is 0.00825. The molecule has 0 bridgehead atoms. The number of hydrogen-bond donors (Lipinski definition) is 1. The topological polar surface area (TPSA) is 35.9 Å². The van der Waals surface area contributed by atoms with Gasteiger partial charge in [-0.2, -0.15) is 0 Å². The predicted molar refractivity (Wildman–Crippen MR) is 86.1 cm³/mol. The van der Waals surface area contributed by atoms with Crippen LogP contribution in [0.5, 0.6) is 0 Å². The van der Waals surface area contributed by atoms with Crippen molar-refractivity contribution in [3.8, 4) is 0 Å². The zero-order valence-corrected chi connectivity index (χ0v) is 13.8. The molecule has 1 aliphatic heterocycles. The van der Waals surface area contributed by atoms with Crippen LogP contribution < -0.4 is 0 Å². The van der Waals surface area contributed by atoms with Crippen molar-refractivity contribution in [2.24, 2.45) is 0 Å². The second kappa shape index (κ2) is 8.32. The summed E-state index contributed by atoms with van der Waals surface area (Å²) >= 11 is 12.2. The van der Waals surface area contributed by atoms with Gasteiger partial charge in [0.2, 0.25) is 0 Å². The van der Waals surface area contributed by atoms with Crippen molar-refractivity contribution in [2.45, 2.75) is 12.6 Å². The number of morpholine rings is 1. The van der Waals surface area contributed by atoms with E-state index in [0.29, 0.717) is 29.7 Å². The normalized spacial score (nSPS) is 18.1. The van der Waals surface area contributed by atoms with Crippen LogP contribution in [0.4, 0.5) is 0 Å². The largest absolute Gasteiger partial charge is 0.390 e. The summed E-state index contributed by atoms with van der Waals surface area (Å²) in [6.07, 6.45) is -0.383. The van der Waals surface area contributed by atoms with Crippen LogP contribution in [-0.4, -0.2) is 67.5 Å². The summed E-state index contributed by atoms with van der Waals surface area (Å²) in [4.78, 5) is 4.29. The molecule has 0 spiro atoms. The highest BCUT2D eigenvalue weighted by Gasteiger charge is 2.16. The molecular weight excluding hydrogens is 311 g/mol. The van der Waals surface area contributed by atoms with Crippen LogP contribution >= 0.6 is 23.2 Å². The molecule has 1 unspecified atom stereocenters. The minimum atomic E-state index is -0.383. The zero-order chi connectivity index (χ0) is 15.2. The summed E-state index contributed by atoms with van der Waals surface area (Å²) in [7, 11) is 1.97. The van der Waals surface area contributed by atoms with E-state index in [2.05, 4.69) is 9.80 Å². The number of benzene rings is 1. The summed E-state index contributed by atoms with van der Waals surface area (Å²) < 4.78 is 5.30. The minimum Gasteiger partial charge on any atom is -0.390 e. The van der Waals surface area contributed by atoms with Crippen molar-refractivity contribution in [3.05, 3.63) is 33.8 Å². The van der Waals surface area contributed by atoms with E-state index in [1.807, 2.05) is 19.2 Å². The first-order chi connectivity index (χ1) is 10.1. The molecule has 0 amide bonds. The van der Waals surface area contributed by atoms with Gasteiger partial charge in [0.1, 0.15) is 0 Å². The Hall–Kier alpha value is -0.360. The average Bonchev–Trinajstić information content (AvgIpc) is 2.44. The van der Waals surface area contributed by atoms with Gasteiger partial charge in [0.25, 0.3) is 0 Å². The SMILES string of the molecule is CN(Cc1cccc(Cl)c1Cl)CC(O)CN1CCOCC1. The number of rotatable bonds is 6. The molecule has 0 aliphatic carbocycles. The quantitative estimate of drug-likeness (QED) is 0.865. The molecule has 0 aromatic heterocycles. The molecule has 118 valence electrons. The van der Waals surface area contributed by atoms with Gasteiger partial charge in [-0.25, -0.2) is 0 Å². The van der Waals surface area contributed by atoms with Crippen LogP contribution in [0.1, 0.15) is 5.56 Å². The van der Waals surface area contributed by atoms with E-state index in [9.17, 15) is 5.11 Å². The average molecular weight is 333 g/mol. The number of likely N-dealkylation sites (N-methyl/N-ethyl adjacent to an activating group) is 1. The summed E-state index contributed by atoms with van der Waals surface area (Å²) in [6.45, 7) is 5.22. The molecule has 1 heterocycles. The van der Waals surface area contributed by atoms with Crippen LogP contribution in [0.15, 0.2) is 18.2 Å². The maximum atomic E-state index is 10.2. The standard InChI is InChI=1S/C15H22Cl2N2O2/c1-18(9-12-3-2-4-14(16)15(12)17)10-13(20)11-19-5-7-21-8-6-19/h2-4,13,20H,5-11H2,1H3. The highest BCUT2D eigenvalue weighted by molar-refractivity contribution is 6.42. The van der Waals surface area contributed by atoms with Crippen LogP contribution in [0.3, 0.4) is 0 Å². The van der Waals surface area contributed by atoms with Gasteiger partial charge in [0, 0.05) is 32.7 Å². The Morgan fingerprint density at radius 2 is 2.05 bits per heavy atom. The van der Waals surface area contributed by atoms with Gasteiger partial charge in [0.05, 0.1) is 29.4 Å². The van der Waals surface area contributed by atoms with Crippen LogP contribution in [0.2, 0.25) is 10.0 Å². The predicted octanol–water partition coefficient (Wildman–Crippen LogP) is 2.12. The van der Waals surface area contributed by atoms with E-state index >= 15 is 0 Å². The summed E-state index contributed by atoms with van der Waals surface area (Å²) in [5.41, 5.74) is 0.977. The number of nitrogens with zero attached hydrogens (tertiary/aromatic N) is 2. The zero-order valence-electron chi connectivity index (χ0n) is 12.3. The Labute approximate surface area is 136 Å². The van der Waals surface area contributed by atoms with E-state index in [1.165, 1.54) is 0 Å². The van der Waals surface area contributed by atoms with Crippen LogP contribution in [0.25, 0.3) is 0 Å². The fraction of sp³-hybridized carbons (Fsp3) is 0.600. The maximum Gasteiger partial charge on any atom is 0.0793 e. The third-order valence-corrected chi connectivity index (χ3v) is 4.42. The highest BCUT2D eigenvalue weighted by atomic mass is 35.5. The Balaban J connectivity index is 1.80. The van der Waals surface area contributed by atoms with Gasteiger partial charge >= 0.3 is 0 Å². The molecule has 1 aromatic carbocycles. The fourth-order valence-electron chi connectivity index (χ4n) is 2.53. The van der Waals surface area contributed by atoms with Gasteiger partial charge in [-0.05, 0) is 18.7 Å². The molecule has 1 saturated heterocycles. The monoisotopic (exact) mass is 332 g/mol.